The minimum Gasteiger partial charge on any atom is -0.440 e. The van der Waals surface area contributed by atoms with Crippen molar-refractivity contribution < 1.29 is 26.0 Å². The van der Waals surface area contributed by atoms with Crippen LogP contribution in [0.25, 0.3) is 33.8 Å². The molecule has 12 heteroatoms. The molecule has 0 radical (unpaired) electrons. The Morgan fingerprint density at radius 2 is 1.73 bits per heavy atom. The SMILES string of the molecule is Cc1nc(-c2cc(C3=CC=CC(S(C)(=O)=O)C3)ccc2-n2cc(C(F)(F)F)nc2C)c(-c2cc(Cl)cc(Cl)c2)o1. The molecule has 0 amide bonds. The number of sulfone groups is 1. The summed E-state index contributed by atoms with van der Waals surface area (Å²) in [5.41, 5.74) is 2.09. The molecule has 2 heterocycles. The summed E-state index contributed by atoms with van der Waals surface area (Å²) in [5, 5.41) is 0.0322. The van der Waals surface area contributed by atoms with Gasteiger partial charge < -0.3 is 8.98 Å². The van der Waals surface area contributed by atoms with Crippen LogP contribution in [0, 0.1) is 13.8 Å². The number of halogens is 5. The van der Waals surface area contributed by atoms with Gasteiger partial charge in [-0.3, -0.25) is 0 Å². The Balaban J connectivity index is 1.74. The standard InChI is InChI=1S/C28H22Cl2F3N3O3S/c1-15-34-25(28(31,32)33)14-36(15)24-8-7-18(17-5-4-6-22(11-17)40(3,37)38)12-23(24)26-27(39-16(2)35-26)19-9-20(29)13-21(30)10-19/h4-10,12-14,22H,11H2,1-3H3. The molecule has 208 valence electrons. The van der Waals surface area contributed by atoms with E-state index < -0.39 is 27.0 Å². The maximum atomic E-state index is 13.5. The van der Waals surface area contributed by atoms with Gasteiger partial charge in [-0.25, -0.2) is 18.4 Å². The number of aryl methyl sites for hydroxylation is 2. The lowest BCUT2D eigenvalue weighted by Crippen LogP contribution is -2.19. The second kappa shape index (κ2) is 10.2. The van der Waals surface area contributed by atoms with Crippen LogP contribution in [-0.4, -0.2) is 34.5 Å². The van der Waals surface area contributed by atoms with E-state index in [9.17, 15) is 21.6 Å². The summed E-state index contributed by atoms with van der Waals surface area (Å²) in [6.45, 7) is 3.13. The fraction of sp³-hybridized carbons (Fsp3) is 0.214. The molecule has 1 atom stereocenters. The fourth-order valence-corrected chi connectivity index (χ4v) is 6.02. The molecule has 40 heavy (non-hydrogen) atoms. The van der Waals surface area contributed by atoms with Crippen LogP contribution < -0.4 is 0 Å². The van der Waals surface area contributed by atoms with E-state index in [0.29, 0.717) is 49.8 Å². The normalized spacial score (nSPS) is 15.9. The predicted octanol–water partition coefficient (Wildman–Crippen LogP) is 7.89. The Morgan fingerprint density at radius 3 is 2.35 bits per heavy atom. The lowest BCUT2D eigenvalue weighted by atomic mass is 9.93. The monoisotopic (exact) mass is 607 g/mol. The topological polar surface area (TPSA) is 78.0 Å². The van der Waals surface area contributed by atoms with E-state index in [-0.39, 0.29) is 12.2 Å². The van der Waals surface area contributed by atoms with E-state index in [0.717, 1.165) is 11.8 Å². The zero-order chi connectivity index (χ0) is 29.0. The average molecular weight is 608 g/mol. The minimum absolute atomic E-state index is 0.117. The first-order valence-corrected chi connectivity index (χ1v) is 14.7. The van der Waals surface area contributed by atoms with Gasteiger partial charge in [0, 0.05) is 40.5 Å². The molecule has 2 aromatic heterocycles. The van der Waals surface area contributed by atoms with Gasteiger partial charge in [0.05, 0.1) is 10.9 Å². The fourth-order valence-electron chi connectivity index (χ4n) is 4.64. The number of allylic oxidation sites excluding steroid dienone is 3. The molecular formula is C28H22Cl2F3N3O3S. The molecule has 2 aromatic carbocycles. The lowest BCUT2D eigenvalue weighted by molar-refractivity contribution is -0.141. The number of imidazole rings is 1. The van der Waals surface area contributed by atoms with Crippen molar-refractivity contribution in [2.45, 2.75) is 31.7 Å². The zero-order valence-electron chi connectivity index (χ0n) is 21.4. The third-order valence-corrected chi connectivity index (χ3v) is 8.37. The zero-order valence-corrected chi connectivity index (χ0v) is 23.8. The first-order valence-electron chi connectivity index (χ1n) is 12.0. The second-order valence-corrected chi connectivity index (χ2v) is 12.6. The highest BCUT2D eigenvalue weighted by molar-refractivity contribution is 7.91. The van der Waals surface area contributed by atoms with Crippen molar-refractivity contribution in [3.8, 4) is 28.3 Å². The highest BCUT2D eigenvalue weighted by atomic mass is 35.5. The van der Waals surface area contributed by atoms with Gasteiger partial charge in [0.1, 0.15) is 11.5 Å². The summed E-state index contributed by atoms with van der Waals surface area (Å²) in [7, 11) is -3.34. The quantitative estimate of drug-likeness (QED) is 0.230. The van der Waals surface area contributed by atoms with Gasteiger partial charge in [-0.15, -0.1) is 0 Å². The van der Waals surface area contributed by atoms with Gasteiger partial charge in [0.2, 0.25) is 0 Å². The molecule has 6 nitrogen and oxygen atoms in total. The van der Waals surface area contributed by atoms with E-state index in [4.69, 9.17) is 27.6 Å². The van der Waals surface area contributed by atoms with Crippen LogP contribution in [0.5, 0.6) is 0 Å². The van der Waals surface area contributed by atoms with Gasteiger partial charge in [-0.1, -0.05) is 47.5 Å². The highest BCUT2D eigenvalue weighted by Crippen LogP contribution is 2.41. The largest absolute Gasteiger partial charge is 0.440 e. The molecule has 0 spiro atoms. The van der Waals surface area contributed by atoms with Crippen LogP contribution in [0.4, 0.5) is 13.2 Å². The molecule has 0 fully saturated rings. The summed E-state index contributed by atoms with van der Waals surface area (Å²) in [6, 6.07) is 10.0. The molecule has 0 N–H and O–H groups in total. The number of hydrogen-bond acceptors (Lipinski definition) is 5. The minimum atomic E-state index is -4.64. The van der Waals surface area contributed by atoms with E-state index in [1.165, 1.54) is 17.7 Å². The Hall–Kier alpha value is -3.34. The number of benzene rings is 2. The molecule has 0 saturated carbocycles. The number of nitrogens with zero attached hydrogens (tertiary/aromatic N) is 3. The van der Waals surface area contributed by atoms with Gasteiger partial charge in [0.15, 0.2) is 27.2 Å². The van der Waals surface area contributed by atoms with Crippen molar-refractivity contribution in [2.24, 2.45) is 0 Å². The first-order chi connectivity index (χ1) is 18.7. The van der Waals surface area contributed by atoms with Crippen LogP contribution in [0.3, 0.4) is 0 Å². The average Bonchev–Trinajstić information content (AvgIpc) is 3.45. The number of hydrogen-bond donors (Lipinski definition) is 0. The van der Waals surface area contributed by atoms with Crippen molar-refractivity contribution in [3.05, 3.63) is 93.8 Å². The molecule has 0 aliphatic heterocycles. The van der Waals surface area contributed by atoms with Crippen LogP contribution in [-0.2, 0) is 16.0 Å². The Morgan fingerprint density at radius 1 is 1.02 bits per heavy atom. The number of alkyl halides is 3. The van der Waals surface area contributed by atoms with Crippen LogP contribution >= 0.6 is 23.2 Å². The number of rotatable bonds is 5. The van der Waals surface area contributed by atoms with Gasteiger partial charge in [-0.05, 0) is 54.8 Å². The van der Waals surface area contributed by atoms with Crippen molar-refractivity contribution in [1.29, 1.82) is 0 Å². The van der Waals surface area contributed by atoms with Crippen molar-refractivity contribution >= 4 is 38.6 Å². The Labute approximate surface area is 238 Å². The molecule has 0 bridgehead atoms. The van der Waals surface area contributed by atoms with E-state index in [2.05, 4.69) is 9.97 Å². The molecule has 5 rings (SSSR count). The predicted molar refractivity (Wildman–Crippen MR) is 149 cm³/mol. The van der Waals surface area contributed by atoms with Crippen molar-refractivity contribution in [1.82, 2.24) is 14.5 Å². The summed E-state index contributed by atoms with van der Waals surface area (Å²) < 4.78 is 72.4. The Bertz CT molecular complexity index is 1780. The highest BCUT2D eigenvalue weighted by Gasteiger charge is 2.35. The lowest BCUT2D eigenvalue weighted by Gasteiger charge is -2.19. The molecule has 0 saturated heterocycles. The van der Waals surface area contributed by atoms with Gasteiger partial charge in [0.25, 0.3) is 0 Å². The molecule has 4 aromatic rings. The third kappa shape index (κ3) is 5.61. The maximum absolute atomic E-state index is 13.5. The smallest absolute Gasteiger partial charge is 0.434 e. The summed E-state index contributed by atoms with van der Waals surface area (Å²) in [4.78, 5) is 8.31. The van der Waals surface area contributed by atoms with Crippen LogP contribution in [0.2, 0.25) is 10.0 Å². The van der Waals surface area contributed by atoms with Crippen LogP contribution in [0.1, 0.15) is 29.4 Å². The molecular weight excluding hydrogens is 586 g/mol. The van der Waals surface area contributed by atoms with Gasteiger partial charge in [-0.2, -0.15) is 13.2 Å². The molecule has 1 unspecified atom stereocenters. The second-order valence-electron chi connectivity index (χ2n) is 9.49. The first kappa shape index (κ1) is 28.2. The molecule has 1 aliphatic carbocycles. The van der Waals surface area contributed by atoms with Crippen molar-refractivity contribution in [3.63, 3.8) is 0 Å². The Kier molecular flexibility index (Phi) is 7.22. The maximum Gasteiger partial charge on any atom is 0.434 e. The summed E-state index contributed by atoms with van der Waals surface area (Å²) >= 11 is 12.5. The number of oxazole rings is 1. The van der Waals surface area contributed by atoms with Crippen molar-refractivity contribution in [2.75, 3.05) is 6.26 Å². The van der Waals surface area contributed by atoms with E-state index >= 15 is 0 Å². The summed E-state index contributed by atoms with van der Waals surface area (Å²) in [6.07, 6.45) is 2.85. The van der Waals surface area contributed by atoms with E-state index in [1.54, 1.807) is 55.5 Å². The number of aromatic nitrogens is 3. The van der Waals surface area contributed by atoms with E-state index in [1.807, 2.05) is 6.08 Å². The van der Waals surface area contributed by atoms with Crippen LogP contribution in [0.15, 0.2) is 65.2 Å². The molecule has 1 aliphatic rings. The third-order valence-electron chi connectivity index (χ3n) is 6.51. The van der Waals surface area contributed by atoms with Gasteiger partial charge >= 0.3 is 6.18 Å². The summed E-state index contributed by atoms with van der Waals surface area (Å²) in [5.74, 6) is 0.749.